The first-order valence-electron chi connectivity index (χ1n) is 6.80. The summed E-state index contributed by atoms with van der Waals surface area (Å²) >= 11 is 3.41. The molecular formula is C15H20BrNO2. The Morgan fingerprint density at radius 3 is 2.47 bits per heavy atom. The molecule has 2 rings (SSSR count). The van der Waals surface area contributed by atoms with Gasteiger partial charge in [0.05, 0.1) is 7.11 Å². The summed E-state index contributed by atoms with van der Waals surface area (Å²) in [7, 11) is 1.44. The van der Waals surface area contributed by atoms with Crippen LogP contribution in [0.3, 0.4) is 0 Å². The Balaban J connectivity index is 2.10. The van der Waals surface area contributed by atoms with E-state index in [0.717, 1.165) is 22.9 Å². The fraction of sp³-hybridized carbons (Fsp3) is 0.533. The lowest BCUT2D eigenvalue weighted by atomic mass is 9.94. The molecule has 0 bridgehead atoms. The van der Waals surface area contributed by atoms with E-state index in [9.17, 15) is 4.79 Å². The summed E-state index contributed by atoms with van der Waals surface area (Å²) in [5.74, 6) is -0.215. The minimum atomic E-state index is -0.360. The number of hydrogen-bond acceptors (Lipinski definition) is 3. The Kier molecular flexibility index (Phi) is 5.40. The Labute approximate surface area is 122 Å². The van der Waals surface area contributed by atoms with Gasteiger partial charge in [-0.25, -0.2) is 4.79 Å². The third-order valence-corrected chi connectivity index (χ3v) is 4.18. The van der Waals surface area contributed by atoms with Crippen LogP contribution >= 0.6 is 15.9 Å². The molecular weight excluding hydrogens is 306 g/mol. The lowest BCUT2D eigenvalue weighted by Gasteiger charge is -2.27. The Morgan fingerprint density at radius 1 is 1.26 bits per heavy atom. The van der Waals surface area contributed by atoms with Gasteiger partial charge in [0.15, 0.2) is 0 Å². The van der Waals surface area contributed by atoms with E-state index in [0.29, 0.717) is 6.04 Å². The number of nitrogens with one attached hydrogen (secondary N) is 1. The maximum atomic E-state index is 12.0. The fourth-order valence-corrected chi connectivity index (χ4v) is 2.84. The molecule has 3 nitrogen and oxygen atoms in total. The highest BCUT2D eigenvalue weighted by Gasteiger charge is 2.25. The minimum Gasteiger partial charge on any atom is -0.468 e. The van der Waals surface area contributed by atoms with Crippen LogP contribution in [0.5, 0.6) is 0 Å². The van der Waals surface area contributed by atoms with Gasteiger partial charge in [-0.15, -0.1) is 0 Å². The van der Waals surface area contributed by atoms with Crippen molar-refractivity contribution in [3.05, 3.63) is 34.3 Å². The third kappa shape index (κ3) is 4.05. The lowest BCUT2D eigenvalue weighted by Crippen LogP contribution is -2.38. The molecule has 0 aromatic heterocycles. The molecule has 1 saturated carbocycles. The molecule has 1 aliphatic rings. The number of ether oxygens (including phenoxy) is 1. The Bertz CT molecular complexity index is 413. The molecule has 4 heteroatoms. The first-order valence-corrected chi connectivity index (χ1v) is 7.59. The molecule has 1 aromatic rings. The van der Waals surface area contributed by atoms with Crippen molar-refractivity contribution in [1.82, 2.24) is 5.32 Å². The van der Waals surface area contributed by atoms with Crippen molar-refractivity contribution < 1.29 is 9.53 Å². The summed E-state index contributed by atoms with van der Waals surface area (Å²) in [6.07, 6.45) is 6.07. The standard InChI is InChI=1S/C15H20BrNO2/c1-19-15(18)14(11-7-9-12(16)10-8-11)17-13-5-3-2-4-6-13/h7-10,13-14,17H,2-6H2,1H3. The molecule has 1 aromatic carbocycles. The zero-order chi connectivity index (χ0) is 13.7. The van der Waals surface area contributed by atoms with Crippen LogP contribution in [0.2, 0.25) is 0 Å². The Morgan fingerprint density at radius 2 is 1.89 bits per heavy atom. The van der Waals surface area contributed by atoms with Gasteiger partial charge < -0.3 is 4.74 Å². The number of rotatable bonds is 4. The highest BCUT2D eigenvalue weighted by atomic mass is 79.9. The number of halogens is 1. The van der Waals surface area contributed by atoms with Crippen LogP contribution in [0.1, 0.15) is 43.7 Å². The molecule has 0 amide bonds. The van der Waals surface area contributed by atoms with Crippen LogP contribution in [0, 0.1) is 0 Å². The van der Waals surface area contributed by atoms with Crippen molar-refractivity contribution in [2.24, 2.45) is 0 Å². The molecule has 0 heterocycles. The van der Waals surface area contributed by atoms with Crippen molar-refractivity contribution in [2.45, 2.75) is 44.2 Å². The van der Waals surface area contributed by atoms with E-state index in [2.05, 4.69) is 21.2 Å². The molecule has 0 radical (unpaired) electrons. The minimum absolute atomic E-state index is 0.215. The van der Waals surface area contributed by atoms with Crippen LogP contribution in [0.25, 0.3) is 0 Å². The molecule has 0 aliphatic heterocycles. The maximum Gasteiger partial charge on any atom is 0.327 e. The van der Waals surface area contributed by atoms with Crippen LogP contribution in [-0.2, 0) is 9.53 Å². The quantitative estimate of drug-likeness (QED) is 0.860. The van der Waals surface area contributed by atoms with Gasteiger partial charge >= 0.3 is 5.97 Å². The highest BCUT2D eigenvalue weighted by Crippen LogP contribution is 2.23. The summed E-state index contributed by atoms with van der Waals surface area (Å²) in [5.41, 5.74) is 0.959. The average molecular weight is 326 g/mol. The molecule has 0 saturated heterocycles. The van der Waals surface area contributed by atoms with Crippen LogP contribution < -0.4 is 5.32 Å². The number of methoxy groups -OCH3 is 1. The van der Waals surface area contributed by atoms with E-state index in [-0.39, 0.29) is 12.0 Å². The largest absolute Gasteiger partial charge is 0.468 e. The van der Waals surface area contributed by atoms with E-state index < -0.39 is 0 Å². The molecule has 104 valence electrons. The van der Waals surface area contributed by atoms with E-state index >= 15 is 0 Å². The molecule has 19 heavy (non-hydrogen) atoms. The van der Waals surface area contributed by atoms with Gasteiger partial charge in [-0.1, -0.05) is 47.3 Å². The normalized spacial score (nSPS) is 18.0. The first-order chi connectivity index (χ1) is 9.20. The van der Waals surface area contributed by atoms with Crippen molar-refractivity contribution in [3.63, 3.8) is 0 Å². The van der Waals surface area contributed by atoms with Gasteiger partial charge in [-0.05, 0) is 30.5 Å². The second-order valence-electron chi connectivity index (χ2n) is 5.01. The topological polar surface area (TPSA) is 38.3 Å². The van der Waals surface area contributed by atoms with E-state index in [1.807, 2.05) is 24.3 Å². The average Bonchev–Trinajstić information content (AvgIpc) is 2.46. The van der Waals surface area contributed by atoms with Gasteiger partial charge in [-0.2, -0.15) is 0 Å². The van der Waals surface area contributed by atoms with Gasteiger partial charge in [0.1, 0.15) is 6.04 Å². The molecule has 1 aliphatic carbocycles. The monoisotopic (exact) mass is 325 g/mol. The van der Waals surface area contributed by atoms with Crippen molar-refractivity contribution in [3.8, 4) is 0 Å². The van der Waals surface area contributed by atoms with E-state index in [1.165, 1.54) is 26.4 Å². The molecule has 1 unspecified atom stereocenters. The SMILES string of the molecule is COC(=O)C(NC1CCCCC1)c1ccc(Br)cc1. The smallest absolute Gasteiger partial charge is 0.327 e. The van der Waals surface area contributed by atoms with Gasteiger partial charge in [0, 0.05) is 10.5 Å². The van der Waals surface area contributed by atoms with Crippen LogP contribution in [0.15, 0.2) is 28.7 Å². The number of benzene rings is 1. The van der Waals surface area contributed by atoms with Gasteiger partial charge in [0.25, 0.3) is 0 Å². The molecule has 1 fully saturated rings. The second kappa shape index (κ2) is 7.06. The Hall–Kier alpha value is -0.870. The van der Waals surface area contributed by atoms with E-state index in [4.69, 9.17) is 4.74 Å². The van der Waals surface area contributed by atoms with Crippen LogP contribution in [-0.4, -0.2) is 19.1 Å². The maximum absolute atomic E-state index is 12.0. The van der Waals surface area contributed by atoms with Crippen LogP contribution in [0.4, 0.5) is 0 Å². The second-order valence-corrected chi connectivity index (χ2v) is 5.92. The zero-order valence-corrected chi connectivity index (χ0v) is 12.8. The first kappa shape index (κ1) is 14.5. The van der Waals surface area contributed by atoms with Crippen molar-refractivity contribution >= 4 is 21.9 Å². The van der Waals surface area contributed by atoms with Gasteiger partial charge in [-0.3, -0.25) is 5.32 Å². The predicted molar refractivity (Wildman–Crippen MR) is 78.9 cm³/mol. The summed E-state index contributed by atoms with van der Waals surface area (Å²) in [5, 5.41) is 3.45. The number of carbonyl (C=O) groups excluding carboxylic acids is 1. The van der Waals surface area contributed by atoms with Crippen molar-refractivity contribution in [1.29, 1.82) is 0 Å². The number of hydrogen-bond donors (Lipinski definition) is 1. The van der Waals surface area contributed by atoms with Crippen molar-refractivity contribution in [2.75, 3.05) is 7.11 Å². The zero-order valence-electron chi connectivity index (χ0n) is 11.2. The molecule has 0 spiro atoms. The molecule has 1 atom stereocenters. The summed E-state index contributed by atoms with van der Waals surface area (Å²) in [4.78, 5) is 12.0. The van der Waals surface area contributed by atoms with Gasteiger partial charge in [0.2, 0.25) is 0 Å². The number of esters is 1. The summed E-state index contributed by atoms with van der Waals surface area (Å²) < 4.78 is 5.94. The third-order valence-electron chi connectivity index (χ3n) is 3.65. The lowest BCUT2D eigenvalue weighted by molar-refractivity contribution is -0.143. The van der Waals surface area contributed by atoms with E-state index in [1.54, 1.807) is 0 Å². The predicted octanol–water partition coefficient (Wildman–Crippen LogP) is 3.59. The number of carbonyl (C=O) groups is 1. The summed E-state index contributed by atoms with van der Waals surface area (Å²) in [6, 6.07) is 7.88. The fourth-order valence-electron chi connectivity index (χ4n) is 2.58. The summed E-state index contributed by atoms with van der Waals surface area (Å²) in [6.45, 7) is 0. The molecule has 1 N–H and O–H groups in total. The highest BCUT2D eigenvalue weighted by molar-refractivity contribution is 9.10.